The van der Waals surface area contributed by atoms with Crippen LogP contribution in [0, 0.1) is 6.92 Å². The molecule has 0 aliphatic carbocycles. The molecule has 3 N–H and O–H groups in total. The molecule has 2 heterocycles. The lowest BCUT2D eigenvalue weighted by atomic mass is 9.78. The van der Waals surface area contributed by atoms with Crippen molar-refractivity contribution in [1.82, 2.24) is 15.2 Å². The van der Waals surface area contributed by atoms with Crippen molar-refractivity contribution < 1.29 is 14.7 Å². The molecule has 1 fully saturated rings. The van der Waals surface area contributed by atoms with Gasteiger partial charge < -0.3 is 20.6 Å². The van der Waals surface area contributed by atoms with Crippen molar-refractivity contribution >= 4 is 40.0 Å². The Morgan fingerprint density at radius 1 is 1.37 bits per heavy atom. The van der Waals surface area contributed by atoms with Crippen LogP contribution in [0.4, 0.5) is 5.13 Å². The van der Waals surface area contributed by atoms with E-state index in [2.05, 4.69) is 15.6 Å². The first-order valence-corrected chi connectivity index (χ1v) is 12.2. The van der Waals surface area contributed by atoms with Gasteiger partial charge >= 0.3 is 0 Å². The van der Waals surface area contributed by atoms with Gasteiger partial charge in [0.15, 0.2) is 5.13 Å². The minimum atomic E-state index is -0.926. The zero-order valence-electron chi connectivity index (χ0n) is 17.5. The molecule has 30 heavy (non-hydrogen) atoms. The summed E-state index contributed by atoms with van der Waals surface area (Å²) in [4.78, 5) is 32.2. The Morgan fingerprint density at radius 3 is 2.73 bits per heavy atom. The van der Waals surface area contributed by atoms with Gasteiger partial charge in [-0.2, -0.15) is 11.8 Å². The van der Waals surface area contributed by atoms with E-state index in [0.29, 0.717) is 29.3 Å². The zero-order valence-corrected chi connectivity index (χ0v) is 19.1. The Balaban J connectivity index is 1.83. The quantitative estimate of drug-likeness (QED) is 0.602. The third-order valence-electron chi connectivity index (χ3n) is 5.27. The molecule has 2 aromatic rings. The summed E-state index contributed by atoms with van der Waals surface area (Å²) in [7, 11) is 0. The molecule has 162 valence electrons. The minimum Gasteiger partial charge on any atom is -0.388 e. The number of aromatic nitrogens is 1. The fourth-order valence-corrected chi connectivity index (χ4v) is 5.13. The molecule has 1 saturated heterocycles. The number of β-amino-alcohol motifs (C(OH)–C–C–N with tert-alkyl or cyclic N) is 1. The number of thioether (sulfide) groups is 1. The van der Waals surface area contributed by atoms with Crippen LogP contribution in [0.2, 0.25) is 0 Å². The zero-order chi connectivity index (χ0) is 21.7. The number of amides is 2. The summed E-state index contributed by atoms with van der Waals surface area (Å²) in [6, 6.07) is 9.52. The van der Waals surface area contributed by atoms with Gasteiger partial charge in [0.1, 0.15) is 4.88 Å². The average molecular weight is 449 g/mol. The van der Waals surface area contributed by atoms with Gasteiger partial charge in [0.2, 0.25) is 5.91 Å². The number of anilines is 1. The van der Waals surface area contributed by atoms with E-state index in [0.717, 1.165) is 17.2 Å². The molecule has 0 saturated carbocycles. The maximum atomic E-state index is 13.1. The number of likely N-dealkylation sites (tertiary alicyclic amines) is 1. The molecule has 1 aromatic heterocycles. The second-order valence-corrected chi connectivity index (χ2v) is 9.16. The first-order chi connectivity index (χ1) is 14.4. The molecule has 0 bridgehead atoms. The number of hydrogen-bond donors (Lipinski definition) is 3. The number of nitrogens with zero attached hydrogens (tertiary/aromatic N) is 2. The number of carbonyl (C=O) groups excluding carboxylic acids is 2. The highest BCUT2D eigenvalue weighted by Crippen LogP contribution is 2.35. The Morgan fingerprint density at radius 2 is 2.10 bits per heavy atom. The number of hydrogen-bond acceptors (Lipinski definition) is 7. The van der Waals surface area contributed by atoms with Crippen molar-refractivity contribution in [3.8, 4) is 0 Å². The number of aliphatic hydroxyl groups is 1. The van der Waals surface area contributed by atoms with Crippen LogP contribution in [0.5, 0.6) is 0 Å². The van der Waals surface area contributed by atoms with Gasteiger partial charge in [0.25, 0.3) is 5.91 Å². The second-order valence-electron chi connectivity index (χ2n) is 7.30. The number of thiazole rings is 1. The molecule has 9 heteroatoms. The Bertz CT molecular complexity index is 890. The van der Waals surface area contributed by atoms with Crippen LogP contribution >= 0.6 is 23.1 Å². The van der Waals surface area contributed by atoms with E-state index in [9.17, 15) is 14.7 Å². The van der Waals surface area contributed by atoms with Crippen LogP contribution < -0.4 is 10.6 Å². The largest absolute Gasteiger partial charge is 0.388 e. The molecule has 0 unspecified atom stereocenters. The van der Waals surface area contributed by atoms with Gasteiger partial charge in [-0.25, -0.2) is 4.98 Å². The topological polar surface area (TPSA) is 94.6 Å². The molecular formula is C21H28N4O3S2. The van der Waals surface area contributed by atoms with E-state index in [1.165, 1.54) is 23.1 Å². The molecule has 0 radical (unpaired) electrons. The van der Waals surface area contributed by atoms with Crippen molar-refractivity contribution in [2.45, 2.75) is 31.9 Å². The van der Waals surface area contributed by atoms with Crippen LogP contribution in [0.3, 0.4) is 0 Å². The minimum absolute atomic E-state index is 0.126. The van der Waals surface area contributed by atoms with Crippen molar-refractivity contribution in [3.63, 3.8) is 0 Å². The molecule has 3 rings (SSSR count). The van der Waals surface area contributed by atoms with E-state index in [-0.39, 0.29) is 18.4 Å². The lowest BCUT2D eigenvalue weighted by Gasteiger charge is -2.46. The lowest BCUT2D eigenvalue weighted by molar-refractivity contribution is -0.124. The predicted molar refractivity (Wildman–Crippen MR) is 122 cm³/mol. The molecule has 0 spiro atoms. The SMILES string of the molecule is CCNc1nc(C)c(C(=O)N2CC[C@@](NC(=O)CSC)(c3ccccc3)[C@H](O)C2)s1. The lowest BCUT2D eigenvalue weighted by Crippen LogP contribution is -2.62. The van der Waals surface area contributed by atoms with Gasteiger partial charge in [-0.05, 0) is 32.1 Å². The fourth-order valence-electron chi connectivity index (χ4n) is 3.79. The molecule has 2 amide bonds. The maximum absolute atomic E-state index is 13.1. The Labute approximate surface area is 185 Å². The number of benzene rings is 1. The summed E-state index contributed by atoms with van der Waals surface area (Å²) < 4.78 is 0. The van der Waals surface area contributed by atoms with E-state index in [4.69, 9.17) is 0 Å². The van der Waals surface area contributed by atoms with Crippen molar-refractivity contribution in [2.24, 2.45) is 0 Å². The van der Waals surface area contributed by atoms with E-state index >= 15 is 0 Å². The van der Waals surface area contributed by atoms with E-state index < -0.39 is 11.6 Å². The number of carbonyl (C=O) groups is 2. The van der Waals surface area contributed by atoms with Crippen molar-refractivity contribution in [3.05, 3.63) is 46.5 Å². The summed E-state index contributed by atoms with van der Waals surface area (Å²) >= 11 is 2.77. The average Bonchev–Trinajstić information content (AvgIpc) is 3.10. The molecular weight excluding hydrogens is 420 g/mol. The first kappa shape index (κ1) is 22.6. The van der Waals surface area contributed by atoms with Crippen molar-refractivity contribution in [1.29, 1.82) is 0 Å². The second kappa shape index (κ2) is 9.80. The molecule has 2 atom stereocenters. The Hall–Kier alpha value is -2.10. The number of aryl methyl sites for hydroxylation is 1. The summed E-state index contributed by atoms with van der Waals surface area (Å²) in [6.07, 6.45) is 1.37. The molecule has 1 aliphatic heterocycles. The number of piperidine rings is 1. The van der Waals surface area contributed by atoms with Gasteiger partial charge in [-0.1, -0.05) is 41.7 Å². The highest BCUT2D eigenvalue weighted by atomic mass is 32.2. The van der Waals surface area contributed by atoms with Gasteiger partial charge in [-0.3, -0.25) is 9.59 Å². The monoisotopic (exact) mass is 448 g/mol. The van der Waals surface area contributed by atoms with Crippen LogP contribution in [0.25, 0.3) is 0 Å². The maximum Gasteiger partial charge on any atom is 0.266 e. The predicted octanol–water partition coefficient (Wildman–Crippen LogP) is 2.46. The van der Waals surface area contributed by atoms with E-state index in [1.54, 1.807) is 4.90 Å². The number of rotatable bonds is 7. The standard InChI is InChI=1S/C21H28N4O3S2/c1-4-22-20-23-14(2)18(30-20)19(28)25-11-10-21(16(26)12-25,24-17(27)13-29-3)15-8-6-5-7-9-15/h5-9,16,26H,4,10-13H2,1-3H3,(H,22,23)(H,24,27)/t16-,21-/m1/s1. The van der Waals surface area contributed by atoms with E-state index in [1.807, 2.05) is 50.4 Å². The van der Waals surface area contributed by atoms with Crippen LogP contribution in [-0.4, -0.2) is 64.6 Å². The van der Waals surface area contributed by atoms with Crippen molar-refractivity contribution in [2.75, 3.05) is 37.0 Å². The first-order valence-electron chi connectivity index (χ1n) is 9.95. The van der Waals surface area contributed by atoms with Crippen LogP contribution in [0.1, 0.15) is 34.3 Å². The number of aliphatic hydroxyl groups excluding tert-OH is 1. The summed E-state index contributed by atoms with van der Waals surface area (Å²) in [5, 5.41) is 18.1. The molecule has 1 aromatic carbocycles. The molecule has 1 aliphatic rings. The van der Waals surface area contributed by atoms with Gasteiger partial charge in [0.05, 0.1) is 23.1 Å². The Kier molecular flexibility index (Phi) is 7.38. The summed E-state index contributed by atoms with van der Waals surface area (Å²) in [5.41, 5.74) is 0.619. The number of nitrogens with one attached hydrogen (secondary N) is 2. The van der Waals surface area contributed by atoms with Gasteiger partial charge in [0, 0.05) is 19.6 Å². The third kappa shape index (κ3) is 4.63. The summed E-state index contributed by atoms with van der Waals surface area (Å²) in [6.45, 7) is 5.10. The van der Waals surface area contributed by atoms with Crippen LogP contribution in [0.15, 0.2) is 30.3 Å². The molecule has 7 nitrogen and oxygen atoms in total. The smallest absolute Gasteiger partial charge is 0.266 e. The van der Waals surface area contributed by atoms with Gasteiger partial charge in [-0.15, -0.1) is 0 Å². The fraction of sp³-hybridized carbons (Fsp3) is 0.476. The van der Waals surface area contributed by atoms with Crippen LogP contribution in [-0.2, 0) is 10.3 Å². The summed E-state index contributed by atoms with van der Waals surface area (Å²) in [5.74, 6) is 0.0566. The highest BCUT2D eigenvalue weighted by molar-refractivity contribution is 7.99. The highest BCUT2D eigenvalue weighted by Gasteiger charge is 2.46. The third-order valence-corrected chi connectivity index (χ3v) is 6.93. The normalized spacial score (nSPS) is 21.3.